The van der Waals surface area contributed by atoms with Crippen LogP contribution in [0.2, 0.25) is 0 Å². The molecule has 0 aromatic rings. The second kappa shape index (κ2) is 5.47. The van der Waals surface area contributed by atoms with Crippen LogP contribution in [-0.2, 0) is 19.1 Å². The number of carbonyl (C=O) groups excluding carboxylic acids is 3. The van der Waals surface area contributed by atoms with Crippen molar-refractivity contribution in [3.63, 3.8) is 0 Å². The first-order valence-electron chi connectivity index (χ1n) is 7.37. The lowest BCUT2D eigenvalue weighted by Crippen LogP contribution is -2.54. The van der Waals surface area contributed by atoms with Crippen LogP contribution in [-0.4, -0.2) is 34.9 Å². The van der Waals surface area contributed by atoms with Crippen LogP contribution in [0.25, 0.3) is 0 Å². The molecule has 5 nitrogen and oxygen atoms in total. The number of fused-ring (bicyclic) bond motifs is 1. The molecule has 0 amide bonds. The third-order valence-electron chi connectivity index (χ3n) is 4.80. The van der Waals surface area contributed by atoms with Crippen LogP contribution >= 0.6 is 0 Å². The monoisotopic (exact) mass is 306 g/mol. The maximum atomic E-state index is 12.5. The van der Waals surface area contributed by atoms with Crippen LogP contribution in [0.15, 0.2) is 23.8 Å². The molecule has 4 unspecified atom stereocenters. The molecule has 0 bridgehead atoms. The molecule has 1 fully saturated rings. The summed E-state index contributed by atoms with van der Waals surface area (Å²) in [6.07, 6.45) is -0.356. The average Bonchev–Trinajstić information content (AvgIpc) is 2.41. The predicted molar refractivity (Wildman–Crippen MR) is 79.8 cm³/mol. The van der Waals surface area contributed by atoms with Crippen molar-refractivity contribution < 1.29 is 24.2 Å². The van der Waals surface area contributed by atoms with E-state index in [0.29, 0.717) is 12.0 Å². The molecule has 120 valence electrons. The van der Waals surface area contributed by atoms with E-state index in [0.717, 1.165) is 0 Å². The molecule has 0 spiro atoms. The molecule has 2 aliphatic rings. The predicted octanol–water partition coefficient (Wildman–Crippen LogP) is 1.60. The minimum absolute atomic E-state index is 0.225. The topological polar surface area (TPSA) is 80.7 Å². The molecule has 0 radical (unpaired) electrons. The molecule has 2 rings (SSSR count). The lowest BCUT2D eigenvalue weighted by Gasteiger charge is -2.53. The van der Waals surface area contributed by atoms with Crippen LogP contribution in [0.5, 0.6) is 0 Å². The number of rotatable bonds is 1. The van der Waals surface area contributed by atoms with Gasteiger partial charge < -0.3 is 9.84 Å². The fourth-order valence-electron chi connectivity index (χ4n) is 3.61. The molecular formula is C17H22O5. The Balaban J connectivity index is 2.45. The van der Waals surface area contributed by atoms with E-state index in [-0.39, 0.29) is 22.8 Å². The molecule has 4 atom stereocenters. The van der Waals surface area contributed by atoms with E-state index < -0.39 is 29.7 Å². The summed E-state index contributed by atoms with van der Waals surface area (Å²) < 4.78 is 5.02. The highest BCUT2D eigenvalue weighted by molar-refractivity contribution is 6.05. The molecule has 1 N–H and O–H groups in total. The van der Waals surface area contributed by atoms with E-state index in [1.54, 1.807) is 0 Å². The van der Waals surface area contributed by atoms with E-state index in [1.807, 2.05) is 13.8 Å². The zero-order valence-electron chi connectivity index (χ0n) is 13.4. The number of Topliss-reactive ketones (excluding diaryl/α,β-unsaturated/α-hetero) is 2. The van der Waals surface area contributed by atoms with Gasteiger partial charge in [0, 0.05) is 12.8 Å². The second-order valence-electron chi connectivity index (χ2n) is 6.90. The molecule has 2 aliphatic carbocycles. The first-order valence-corrected chi connectivity index (χ1v) is 7.37. The molecule has 0 heterocycles. The number of aliphatic hydroxyl groups excluding tert-OH is 1. The molecule has 22 heavy (non-hydrogen) atoms. The van der Waals surface area contributed by atoms with Crippen molar-refractivity contribution >= 4 is 17.5 Å². The highest BCUT2D eigenvalue weighted by atomic mass is 16.5. The summed E-state index contributed by atoms with van der Waals surface area (Å²) in [6, 6.07) is 0. The fourth-order valence-corrected chi connectivity index (χ4v) is 3.61. The van der Waals surface area contributed by atoms with Gasteiger partial charge >= 0.3 is 5.97 Å². The van der Waals surface area contributed by atoms with Gasteiger partial charge in [0.1, 0.15) is 6.10 Å². The maximum absolute atomic E-state index is 12.5. The fraction of sp³-hybridized carbons (Fsp3) is 0.588. The Morgan fingerprint density at radius 3 is 2.45 bits per heavy atom. The standard InChI is InChI=1S/C17H22O5/c1-8-6-12(22-10(3)18)15(20)9(2)11-7-17(4,5)13(11)16(21)14(8)19/h6,11-13,16,21H,2,7H2,1,3-5H3. The van der Waals surface area contributed by atoms with Crippen molar-refractivity contribution in [2.24, 2.45) is 17.3 Å². The molecule has 0 aliphatic heterocycles. The first-order chi connectivity index (χ1) is 10.1. The van der Waals surface area contributed by atoms with Gasteiger partial charge in [-0.25, -0.2) is 0 Å². The number of carbonyl (C=O) groups is 3. The molecular weight excluding hydrogens is 284 g/mol. The molecule has 0 aromatic heterocycles. The average molecular weight is 306 g/mol. The van der Waals surface area contributed by atoms with Crippen LogP contribution in [0.3, 0.4) is 0 Å². The highest BCUT2D eigenvalue weighted by Gasteiger charge is 2.55. The summed E-state index contributed by atoms with van der Waals surface area (Å²) in [5.41, 5.74) is 0.293. The summed E-state index contributed by atoms with van der Waals surface area (Å²) in [7, 11) is 0. The number of ketones is 2. The maximum Gasteiger partial charge on any atom is 0.303 e. The molecule has 5 heteroatoms. The zero-order chi connectivity index (χ0) is 16.8. The minimum atomic E-state index is -1.18. The summed E-state index contributed by atoms with van der Waals surface area (Å²) in [4.78, 5) is 36.1. The van der Waals surface area contributed by atoms with Crippen molar-refractivity contribution in [2.45, 2.75) is 46.3 Å². The van der Waals surface area contributed by atoms with Gasteiger partial charge in [0.25, 0.3) is 0 Å². The largest absolute Gasteiger partial charge is 0.450 e. The Kier molecular flexibility index (Phi) is 4.13. The van der Waals surface area contributed by atoms with Crippen LogP contribution in [0.1, 0.15) is 34.1 Å². The van der Waals surface area contributed by atoms with Crippen molar-refractivity contribution in [1.82, 2.24) is 0 Å². The number of aliphatic hydroxyl groups is 1. The van der Waals surface area contributed by atoms with E-state index in [9.17, 15) is 19.5 Å². The van der Waals surface area contributed by atoms with E-state index in [1.165, 1.54) is 19.9 Å². The molecule has 0 saturated heterocycles. The zero-order valence-corrected chi connectivity index (χ0v) is 13.4. The number of ether oxygens (including phenoxy) is 1. The van der Waals surface area contributed by atoms with E-state index in [4.69, 9.17) is 4.74 Å². The van der Waals surface area contributed by atoms with E-state index >= 15 is 0 Å². The third-order valence-corrected chi connectivity index (χ3v) is 4.80. The Labute approximate surface area is 130 Å². The summed E-state index contributed by atoms with van der Waals surface area (Å²) in [5.74, 6) is -2.05. The van der Waals surface area contributed by atoms with Gasteiger partial charge in [0.15, 0.2) is 11.9 Å². The minimum Gasteiger partial charge on any atom is -0.450 e. The quantitative estimate of drug-likeness (QED) is 0.588. The highest BCUT2D eigenvalue weighted by Crippen LogP contribution is 2.55. The van der Waals surface area contributed by atoms with Crippen LogP contribution in [0, 0.1) is 17.3 Å². The smallest absolute Gasteiger partial charge is 0.303 e. The third kappa shape index (κ3) is 2.65. The molecule has 0 aromatic carbocycles. The van der Waals surface area contributed by atoms with Crippen LogP contribution in [0.4, 0.5) is 0 Å². The summed E-state index contributed by atoms with van der Waals surface area (Å²) in [6.45, 7) is 10.5. The number of esters is 1. The Morgan fingerprint density at radius 2 is 1.95 bits per heavy atom. The Morgan fingerprint density at radius 1 is 1.36 bits per heavy atom. The SMILES string of the molecule is C=C1C(=O)C(OC(C)=O)C=C(C)C(=O)C(O)C2C1CC2(C)C. The second-order valence-corrected chi connectivity index (χ2v) is 6.90. The number of hydrogen-bond donors (Lipinski definition) is 1. The molecule has 1 saturated carbocycles. The summed E-state index contributed by atoms with van der Waals surface area (Å²) in [5, 5.41) is 10.4. The Hall–Kier alpha value is -1.75. The van der Waals surface area contributed by atoms with Gasteiger partial charge in [-0.2, -0.15) is 0 Å². The normalized spacial score (nSPS) is 34.6. The lowest BCUT2D eigenvalue weighted by atomic mass is 9.51. The van der Waals surface area contributed by atoms with Gasteiger partial charge in [0.05, 0.1) is 0 Å². The van der Waals surface area contributed by atoms with E-state index in [2.05, 4.69) is 6.58 Å². The van der Waals surface area contributed by atoms with Crippen molar-refractivity contribution in [3.05, 3.63) is 23.8 Å². The van der Waals surface area contributed by atoms with Crippen LogP contribution < -0.4 is 0 Å². The summed E-state index contributed by atoms with van der Waals surface area (Å²) >= 11 is 0. The van der Waals surface area contributed by atoms with Gasteiger partial charge in [-0.1, -0.05) is 20.4 Å². The van der Waals surface area contributed by atoms with Crippen molar-refractivity contribution in [2.75, 3.05) is 0 Å². The first kappa shape index (κ1) is 16.6. The van der Waals surface area contributed by atoms with Crippen molar-refractivity contribution in [3.8, 4) is 0 Å². The van der Waals surface area contributed by atoms with Gasteiger partial charge in [0.2, 0.25) is 5.78 Å². The number of hydrogen-bond acceptors (Lipinski definition) is 5. The Bertz CT molecular complexity index is 584. The van der Waals surface area contributed by atoms with Gasteiger partial charge in [-0.15, -0.1) is 0 Å². The van der Waals surface area contributed by atoms with Gasteiger partial charge in [-0.05, 0) is 41.9 Å². The van der Waals surface area contributed by atoms with Crippen molar-refractivity contribution in [1.29, 1.82) is 0 Å². The van der Waals surface area contributed by atoms with Gasteiger partial charge in [-0.3, -0.25) is 14.4 Å². The lowest BCUT2D eigenvalue weighted by molar-refractivity contribution is -0.150.